The van der Waals surface area contributed by atoms with Gasteiger partial charge in [-0.3, -0.25) is 4.79 Å². The van der Waals surface area contributed by atoms with E-state index in [4.69, 9.17) is 11.6 Å². The van der Waals surface area contributed by atoms with E-state index in [0.29, 0.717) is 18.3 Å². The quantitative estimate of drug-likeness (QED) is 0.835. The van der Waals surface area contributed by atoms with Crippen molar-refractivity contribution in [1.82, 2.24) is 9.78 Å². The summed E-state index contributed by atoms with van der Waals surface area (Å²) in [4.78, 5) is 12.0. The standard InChI is InChI=1S/C14H22ClN3O/c1-3-4-7-18-14(19)13(15)12(9-16-18)17-10(2)8-11-5-6-11/h9-11,17H,3-8H2,1-2H3. The third-order valence-electron chi connectivity index (χ3n) is 3.49. The maximum absolute atomic E-state index is 12.0. The SMILES string of the molecule is CCCCn1ncc(NC(C)CC2CC2)c(Cl)c1=O. The zero-order chi connectivity index (χ0) is 13.8. The van der Waals surface area contributed by atoms with Gasteiger partial charge in [0.1, 0.15) is 5.02 Å². The van der Waals surface area contributed by atoms with Crippen LogP contribution in [-0.2, 0) is 6.54 Å². The summed E-state index contributed by atoms with van der Waals surface area (Å²) >= 11 is 6.14. The monoisotopic (exact) mass is 283 g/mol. The third-order valence-corrected chi connectivity index (χ3v) is 3.86. The van der Waals surface area contributed by atoms with E-state index in [1.165, 1.54) is 17.5 Å². The number of hydrogen-bond donors (Lipinski definition) is 1. The Kier molecular flexibility index (Phi) is 4.86. The van der Waals surface area contributed by atoms with Gasteiger partial charge in [0.15, 0.2) is 0 Å². The molecule has 0 spiro atoms. The van der Waals surface area contributed by atoms with Crippen LogP contribution in [0.25, 0.3) is 0 Å². The molecule has 1 saturated carbocycles. The van der Waals surface area contributed by atoms with Gasteiger partial charge in [0.2, 0.25) is 0 Å². The smallest absolute Gasteiger partial charge is 0.287 e. The van der Waals surface area contributed by atoms with Crippen LogP contribution in [0, 0.1) is 5.92 Å². The normalized spacial score (nSPS) is 16.4. The molecule has 4 nitrogen and oxygen atoms in total. The highest BCUT2D eigenvalue weighted by Gasteiger charge is 2.24. The average molecular weight is 284 g/mol. The average Bonchev–Trinajstić information content (AvgIpc) is 3.18. The van der Waals surface area contributed by atoms with E-state index in [0.717, 1.165) is 25.2 Å². The van der Waals surface area contributed by atoms with Crippen LogP contribution < -0.4 is 10.9 Å². The van der Waals surface area contributed by atoms with Crippen LogP contribution >= 0.6 is 11.6 Å². The minimum atomic E-state index is -0.196. The van der Waals surface area contributed by atoms with Gasteiger partial charge in [-0.1, -0.05) is 37.8 Å². The molecule has 1 atom stereocenters. The molecule has 1 aliphatic carbocycles. The van der Waals surface area contributed by atoms with E-state index in [9.17, 15) is 4.79 Å². The van der Waals surface area contributed by atoms with E-state index >= 15 is 0 Å². The predicted octanol–water partition coefficient (Wildman–Crippen LogP) is 3.30. The second kappa shape index (κ2) is 6.42. The zero-order valence-electron chi connectivity index (χ0n) is 11.7. The minimum absolute atomic E-state index is 0.196. The molecule has 1 aromatic heterocycles. The van der Waals surface area contributed by atoms with Crippen molar-refractivity contribution in [2.24, 2.45) is 5.92 Å². The predicted molar refractivity (Wildman–Crippen MR) is 78.8 cm³/mol. The Bertz CT molecular complexity index is 482. The molecule has 0 bridgehead atoms. The Morgan fingerprint density at radius 3 is 2.95 bits per heavy atom. The molecule has 0 saturated heterocycles. The summed E-state index contributed by atoms with van der Waals surface area (Å²) in [7, 11) is 0. The lowest BCUT2D eigenvalue weighted by Crippen LogP contribution is -2.26. The van der Waals surface area contributed by atoms with Crippen molar-refractivity contribution in [3.8, 4) is 0 Å². The van der Waals surface area contributed by atoms with E-state index in [1.54, 1.807) is 6.20 Å². The van der Waals surface area contributed by atoms with Crippen molar-refractivity contribution in [3.05, 3.63) is 21.6 Å². The van der Waals surface area contributed by atoms with Crippen LogP contribution in [0.15, 0.2) is 11.0 Å². The maximum Gasteiger partial charge on any atom is 0.287 e. The van der Waals surface area contributed by atoms with Gasteiger partial charge in [-0.2, -0.15) is 5.10 Å². The zero-order valence-corrected chi connectivity index (χ0v) is 12.4. The van der Waals surface area contributed by atoms with Crippen molar-refractivity contribution in [1.29, 1.82) is 0 Å². The van der Waals surface area contributed by atoms with Gasteiger partial charge in [-0.05, 0) is 25.7 Å². The third kappa shape index (κ3) is 3.96. The van der Waals surface area contributed by atoms with Crippen LogP contribution in [0.4, 0.5) is 5.69 Å². The van der Waals surface area contributed by atoms with Crippen molar-refractivity contribution in [2.45, 2.75) is 58.5 Å². The van der Waals surface area contributed by atoms with Gasteiger partial charge < -0.3 is 5.32 Å². The number of aromatic nitrogens is 2. The highest BCUT2D eigenvalue weighted by molar-refractivity contribution is 6.32. The Morgan fingerprint density at radius 1 is 1.58 bits per heavy atom. The molecule has 1 unspecified atom stereocenters. The topological polar surface area (TPSA) is 46.9 Å². The van der Waals surface area contributed by atoms with Gasteiger partial charge in [0.05, 0.1) is 11.9 Å². The molecule has 1 N–H and O–H groups in total. The lowest BCUT2D eigenvalue weighted by atomic mass is 10.1. The van der Waals surface area contributed by atoms with E-state index in [-0.39, 0.29) is 10.6 Å². The molecule has 106 valence electrons. The molecule has 0 radical (unpaired) electrons. The van der Waals surface area contributed by atoms with Crippen molar-refractivity contribution in [2.75, 3.05) is 5.32 Å². The first-order valence-corrected chi connectivity index (χ1v) is 7.51. The Hall–Kier alpha value is -1.03. The molecule has 1 aliphatic rings. The van der Waals surface area contributed by atoms with Crippen LogP contribution in [0.1, 0.15) is 46.0 Å². The van der Waals surface area contributed by atoms with Crippen LogP contribution in [0.3, 0.4) is 0 Å². The number of halogens is 1. The number of nitrogens with one attached hydrogen (secondary N) is 1. The molecule has 0 aliphatic heterocycles. The maximum atomic E-state index is 12.0. The number of unbranched alkanes of at least 4 members (excludes halogenated alkanes) is 1. The van der Waals surface area contributed by atoms with Gasteiger partial charge >= 0.3 is 0 Å². The van der Waals surface area contributed by atoms with Crippen molar-refractivity contribution in [3.63, 3.8) is 0 Å². The summed E-state index contributed by atoms with van der Waals surface area (Å²) < 4.78 is 1.45. The fourth-order valence-electron chi connectivity index (χ4n) is 2.21. The molecule has 19 heavy (non-hydrogen) atoms. The number of hydrogen-bond acceptors (Lipinski definition) is 3. The first-order valence-electron chi connectivity index (χ1n) is 7.14. The number of nitrogens with zero attached hydrogens (tertiary/aromatic N) is 2. The summed E-state index contributed by atoms with van der Waals surface area (Å²) in [5.41, 5.74) is 0.464. The van der Waals surface area contributed by atoms with Gasteiger partial charge in [-0.25, -0.2) is 4.68 Å². The summed E-state index contributed by atoms with van der Waals surface area (Å²) in [6, 6.07) is 0.331. The summed E-state index contributed by atoms with van der Waals surface area (Å²) in [6.45, 7) is 4.84. The largest absolute Gasteiger partial charge is 0.380 e. The fraction of sp³-hybridized carbons (Fsp3) is 0.714. The first kappa shape index (κ1) is 14.4. The summed E-state index contributed by atoms with van der Waals surface area (Å²) in [5, 5.41) is 7.74. The molecule has 1 heterocycles. The second-order valence-corrected chi connectivity index (χ2v) is 5.86. The fourth-order valence-corrected chi connectivity index (χ4v) is 2.41. The van der Waals surface area contributed by atoms with E-state index < -0.39 is 0 Å². The van der Waals surface area contributed by atoms with Crippen LogP contribution in [0.5, 0.6) is 0 Å². The lowest BCUT2D eigenvalue weighted by Gasteiger charge is -2.16. The number of rotatable bonds is 7. The van der Waals surface area contributed by atoms with Crippen molar-refractivity contribution < 1.29 is 0 Å². The molecule has 0 amide bonds. The molecular weight excluding hydrogens is 262 g/mol. The molecule has 2 rings (SSSR count). The minimum Gasteiger partial charge on any atom is -0.380 e. The second-order valence-electron chi connectivity index (χ2n) is 5.48. The number of aryl methyl sites for hydroxylation is 1. The first-order chi connectivity index (χ1) is 9.11. The van der Waals surface area contributed by atoms with Gasteiger partial charge in [-0.15, -0.1) is 0 Å². The van der Waals surface area contributed by atoms with Crippen molar-refractivity contribution >= 4 is 17.3 Å². The van der Waals surface area contributed by atoms with Crippen LogP contribution in [-0.4, -0.2) is 15.8 Å². The molecule has 1 fully saturated rings. The molecule has 1 aromatic rings. The highest BCUT2D eigenvalue weighted by Crippen LogP contribution is 2.34. The number of anilines is 1. The summed E-state index contributed by atoms with van der Waals surface area (Å²) in [6.07, 6.45) is 7.43. The van der Waals surface area contributed by atoms with E-state index in [1.807, 2.05) is 0 Å². The molecule has 0 aromatic carbocycles. The Labute approximate surface area is 119 Å². The van der Waals surface area contributed by atoms with Gasteiger partial charge in [0.25, 0.3) is 5.56 Å². The Balaban J connectivity index is 2.04. The highest BCUT2D eigenvalue weighted by atomic mass is 35.5. The lowest BCUT2D eigenvalue weighted by molar-refractivity contribution is 0.542. The summed E-state index contributed by atoms with van der Waals surface area (Å²) in [5.74, 6) is 0.846. The van der Waals surface area contributed by atoms with Gasteiger partial charge in [0, 0.05) is 12.6 Å². The Morgan fingerprint density at radius 2 is 2.32 bits per heavy atom. The molecule has 5 heteroatoms. The molecular formula is C14H22ClN3O. The van der Waals surface area contributed by atoms with E-state index in [2.05, 4.69) is 24.3 Å². The van der Waals surface area contributed by atoms with Crippen LogP contribution in [0.2, 0.25) is 5.02 Å².